The van der Waals surface area contributed by atoms with E-state index < -0.39 is 18.2 Å². The van der Waals surface area contributed by atoms with Crippen molar-refractivity contribution in [3.8, 4) is 22.8 Å². The number of urea groups is 1. The molecule has 10 nitrogen and oxygen atoms in total. The molecule has 0 atom stereocenters. The number of halogens is 4. The van der Waals surface area contributed by atoms with Crippen LogP contribution in [-0.4, -0.2) is 50.6 Å². The van der Waals surface area contributed by atoms with E-state index >= 15 is 4.39 Å². The first kappa shape index (κ1) is 31.2. The Bertz CT molecular complexity index is 1810. The molecule has 2 heterocycles. The number of anilines is 2. The Morgan fingerprint density at radius 3 is 2.61 bits per heavy atom. The maximum Gasteiger partial charge on any atom is 0.573 e. The molecule has 4 aromatic rings. The zero-order valence-corrected chi connectivity index (χ0v) is 25.1. The number of nitrogens with one attached hydrogen (secondary N) is 1. The number of carbonyl (C=O) groups excluding carboxylic acids is 2. The van der Waals surface area contributed by atoms with Crippen LogP contribution < -0.4 is 15.0 Å². The minimum absolute atomic E-state index is 0.0939. The van der Waals surface area contributed by atoms with Crippen molar-refractivity contribution in [2.75, 3.05) is 22.6 Å². The fraction of sp³-hybridized carbons (Fsp3) is 0.258. The molecule has 0 radical (unpaired) electrons. The van der Waals surface area contributed by atoms with Gasteiger partial charge in [0.2, 0.25) is 5.91 Å². The zero-order chi connectivity index (χ0) is 32.4. The molecule has 1 aliphatic heterocycles. The number of benzene rings is 3. The third-order valence-electron chi connectivity index (χ3n) is 7.05. The molecular formula is C31H26F4N6O4S. The van der Waals surface area contributed by atoms with E-state index in [0.717, 1.165) is 53.9 Å². The van der Waals surface area contributed by atoms with E-state index in [0.29, 0.717) is 30.5 Å². The number of amides is 3. The Morgan fingerprint density at radius 2 is 1.89 bits per heavy atom. The number of hydrogen-bond donors (Lipinski definition) is 1. The van der Waals surface area contributed by atoms with Crippen LogP contribution in [0.3, 0.4) is 0 Å². The van der Waals surface area contributed by atoms with E-state index in [2.05, 4.69) is 25.1 Å². The summed E-state index contributed by atoms with van der Waals surface area (Å²) < 4.78 is 63.4. The quantitative estimate of drug-likeness (QED) is 0.196. The lowest BCUT2D eigenvalue weighted by Crippen LogP contribution is -2.31. The van der Waals surface area contributed by atoms with E-state index in [4.69, 9.17) is 4.74 Å². The molecule has 0 bridgehead atoms. The minimum Gasteiger partial charge on any atom is -0.406 e. The van der Waals surface area contributed by atoms with Crippen LogP contribution in [0.4, 0.5) is 33.7 Å². The molecule has 1 N–H and O–H groups in total. The zero-order valence-electron chi connectivity index (χ0n) is 24.3. The molecule has 238 valence electrons. The highest BCUT2D eigenvalue weighted by molar-refractivity contribution is 8.15. The van der Waals surface area contributed by atoms with E-state index in [1.807, 2.05) is 25.1 Å². The van der Waals surface area contributed by atoms with E-state index in [1.54, 1.807) is 0 Å². The number of aromatic nitrogens is 3. The fourth-order valence-corrected chi connectivity index (χ4v) is 5.47. The lowest BCUT2D eigenvalue weighted by atomic mass is 10.1. The number of amidine groups is 1. The average molecular weight is 655 g/mol. The van der Waals surface area contributed by atoms with Crippen molar-refractivity contribution < 1.29 is 36.6 Å². The summed E-state index contributed by atoms with van der Waals surface area (Å²) in [4.78, 5) is 35.4. The number of aryl methyl sites for hydroxylation is 1. The molecule has 3 amide bonds. The first-order valence-electron chi connectivity index (χ1n) is 14.1. The smallest absolute Gasteiger partial charge is 0.406 e. The predicted octanol–water partition coefficient (Wildman–Crippen LogP) is 6.87. The van der Waals surface area contributed by atoms with E-state index in [-0.39, 0.29) is 39.7 Å². The maximum absolute atomic E-state index is 15.1. The van der Waals surface area contributed by atoms with Crippen molar-refractivity contribution in [1.29, 1.82) is 0 Å². The average Bonchev–Trinajstić information content (AvgIpc) is 3.57. The van der Waals surface area contributed by atoms with Crippen LogP contribution in [0.2, 0.25) is 0 Å². The summed E-state index contributed by atoms with van der Waals surface area (Å²) in [5, 5.41) is 6.85. The molecule has 0 spiro atoms. The van der Waals surface area contributed by atoms with Gasteiger partial charge in [-0.3, -0.25) is 9.69 Å². The summed E-state index contributed by atoms with van der Waals surface area (Å²) in [7, 11) is 0. The van der Waals surface area contributed by atoms with Gasteiger partial charge in [-0.15, -0.1) is 18.3 Å². The summed E-state index contributed by atoms with van der Waals surface area (Å²) in [6.07, 6.45) is -1.18. The third kappa shape index (κ3) is 7.54. The number of thioether (sulfide) groups is 1. The van der Waals surface area contributed by atoms with Crippen molar-refractivity contribution in [1.82, 2.24) is 14.8 Å². The van der Waals surface area contributed by atoms with Crippen LogP contribution in [0.25, 0.3) is 17.1 Å². The Kier molecular flexibility index (Phi) is 8.77. The van der Waals surface area contributed by atoms with Crippen molar-refractivity contribution in [2.24, 2.45) is 10.9 Å². The van der Waals surface area contributed by atoms with Crippen LogP contribution in [0.5, 0.6) is 5.75 Å². The SMILES string of the molecule is Cc1ccc(COCC2CC2)c(N2C(=O)CS/C2=N\C(=O)Nc2ccc(-c3ncn(-c4ccc(OC(F)(F)F)cc4)n3)cc2F)c1. The lowest BCUT2D eigenvalue weighted by Gasteiger charge is -2.20. The summed E-state index contributed by atoms with van der Waals surface area (Å²) >= 11 is 1.11. The van der Waals surface area contributed by atoms with E-state index in [9.17, 15) is 22.8 Å². The fourth-order valence-electron chi connectivity index (χ4n) is 4.61. The van der Waals surface area contributed by atoms with Crippen molar-refractivity contribution >= 4 is 40.2 Å². The van der Waals surface area contributed by atoms with Gasteiger partial charge in [-0.2, -0.15) is 4.99 Å². The van der Waals surface area contributed by atoms with Crippen LogP contribution in [0.1, 0.15) is 24.0 Å². The molecular weight excluding hydrogens is 628 g/mol. The lowest BCUT2D eigenvalue weighted by molar-refractivity contribution is -0.274. The summed E-state index contributed by atoms with van der Waals surface area (Å²) in [6.45, 7) is 2.86. The van der Waals surface area contributed by atoms with Crippen molar-refractivity contribution in [3.05, 3.63) is 83.9 Å². The maximum atomic E-state index is 15.1. The highest BCUT2D eigenvalue weighted by Crippen LogP contribution is 2.33. The second-order valence-corrected chi connectivity index (χ2v) is 11.6. The number of rotatable bonds is 9. The molecule has 46 heavy (non-hydrogen) atoms. The van der Waals surface area contributed by atoms with Crippen molar-refractivity contribution in [2.45, 2.75) is 32.7 Å². The van der Waals surface area contributed by atoms with Gasteiger partial charge >= 0.3 is 12.4 Å². The second kappa shape index (κ2) is 12.9. The standard InChI is InChI=1S/C31H26F4N6O4S/c1-18-2-5-21(15-44-14-19-3-4-19)26(12-18)41-27(42)16-46-30(41)38-29(43)37-25-11-6-20(13-24(25)32)28-36-17-40(39-28)22-7-9-23(10-8-22)45-31(33,34)35/h2,5-13,17,19H,3-4,14-16H2,1H3,(H,37,43)/b38-30-. The summed E-state index contributed by atoms with van der Waals surface area (Å²) in [5.74, 6) is -0.593. The summed E-state index contributed by atoms with van der Waals surface area (Å²) in [6, 6.07) is 13.7. The molecule has 2 fully saturated rings. The Hall–Kier alpha value is -4.76. The van der Waals surface area contributed by atoms with Gasteiger partial charge in [-0.1, -0.05) is 23.9 Å². The number of carbonyl (C=O) groups is 2. The van der Waals surface area contributed by atoms with Gasteiger partial charge in [0.15, 0.2) is 11.0 Å². The molecule has 1 saturated heterocycles. The third-order valence-corrected chi connectivity index (χ3v) is 7.97. The van der Waals surface area contributed by atoms with Gasteiger partial charge < -0.3 is 14.8 Å². The van der Waals surface area contributed by atoms with Gasteiger partial charge in [-0.05, 0) is 79.8 Å². The van der Waals surface area contributed by atoms with Gasteiger partial charge in [-0.25, -0.2) is 18.9 Å². The first-order chi connectivity index (χ1) is 22.0. The first-order valence-corrected chi connectivity index (χ1v) is 15.1. The number of nitrogens with zero attached hydrogens (tertiary/aromatic N) is 5. The Morgan fingerprint density at radius 1 is 1.11 bits per heavy atom. The van der Waals surface area contributed by atoms with Crippen LogP contribution in [-0.2, 0) is 16.1 Å². The number of ether oxygens (including phenoxy) is 2. The second-order valence-electron chi connectivity index (χ2n) is 10.7. The largest absolute Gasteiger partial charge is 0.573 e. The molecule has 1 aromatic heterocycles. The van der Waals surface area contributed by atoms with Crippen molar-refractivity contribution in [3.63, 3.8) is 0 Å². The monoisotopic (exact) mass is 654 g/mol. The molecule has 1 saturated carbocycles. The number of alkyl halides is 3. The van der Waals surface area contributed by atoms with Gasteiger partial charge in [0.1, 0.15) is 17.9 Å². The van der Waals surface area contributed by atoms with Gasteiger partial charge in [0, 0.05) is 17.7 Å². The molecule has 0 unspecified atom stereocenters. The highest BCUT2D eigenvalue weighted by atomic mass is 32.2. The van der Waals surface area contributed by atoms with Crippen LogP contribution in [0.15, 0.2) is 72.0 Å². The van der Waals surface area contributed by atoms with Gasteiger partial charge in [0.05, 0.1) is 29.4 Å². The highest BCUT2D eigenvalue weighted by Gasteiger charge is 2.33. The minimum atomic E-state index is -4.81. The topological polar surface area (TPSA) is 111 Å². The van der Waals surface area contributed by atoms with Crippen LogP contribution >= 0.6 is 11.8 Å². The number of aliphatic imine (C=N–C) groups is 1. The molecule has 3 aromatic carbocycles. The molecule has 15 heteroatoms. The molecule has 6 rings (SSSR count). The Labute approximate surface area is 264 Å². The summed E-state index contributed by atoms with van der Waals surface area (Å²) in [5.41, 5.74) is 2.84. The molecule has 2 aliphatic rings. The molecule has 1 aliphatic carbocycles. The Balaban J connectivity index is 1.14. The predicted molar refractivity (Wildman–Crippen MR) is 163 cm³/mol. The normalized spacial score (nSPS) is 15.9. The van der Waals surface area contributed by atoms with Gasteiger partial charge in [0.25, 0.3) is 0 Å². The van der Waals surface area contributed by atoms with E-state index in [1.165, 1.54) is 40.2 Å². The number of hydrogen-bond acceptors (Lipinski definition) is 7. The van der Waals surface area contributed by atoms with Crippen LogP contribution in [0, 0.1) is 18.7 Å².